The summed E-state index contributed by atoms with van der Waals surface area (Å²) in [4.78, 5) is 25.5. The number of carbonyl (C=O) groups is 2. The zero-order chi connectivity index (χ0) is 26.7. The fraction of sp³-hybridized carbons (Fsp3) is 0.121. The third kappa shape index (κ3) is 7.28. The highest BCUT2D eigenvalue weighted by Crippen LogP contribution is 2.20. The quantitative estimate of drug-likeness (QED) is 0.283. The molecule has 4 aromatic rings. The topological polar surface area (TPSA) is 90.2 Å². The summed E-state index contributed by atoms with van der Waals surface area (Å²) in [6.45, 7) is 0. The molecule has 0 aromatic heterocycles. The minimum atomic E-state index is -1.03. The molecule has 0 bridgehead atoms. The van der Waals surface area contributed by atoms with E-state index in [0.717, 1.165) is 27.8 Å². The van der Waals surface area contributed by atoms with Crippen molar-refractivity contribution < 1.29 is 14.7 Å². The number of carboxylic acid groups (broad SMARTS) is 1. The highest BCUT2D eigenvalue weighted by molar-refractivity contribution is 5.81. The summed E-state index contributed by atoms with van der Waals surface area (Å²) in [5.41, 5.74) is 5.08. The van der Waals surface area contributed by atoms with Crippen LogP contribution in [0.1, 0.15) is 22.3 Å². The average molecular weight is 501 g/mol. The zero-order valence-corrected chi connectivity index (χ0v) is 20.8. The maximum absolute atomic E-state index is 13.1. The van der Waals surface area contributed by atoms with Crippen LogP contribution in [-0.4, -0.2) is 23.0 Å². The first-order valence-corrected chi connectivity index (χ1v) is 12.4. The van der Waals surface area contributed by atoms with Crippen LogP contribution in [-0.2, 0) is 22.4 Å². The summed E-state index contributed by atoms with van der Waals surface area (Å²) < 4.78 is 0. The Kier molecular flexibility index (Phi) is 8.83. The Morgan fingerprint density at radius 2 is 1.47 bits per heavy atom. The normalized spacial score (nSPS) is 12.4. The average Bonchev–Trinajstić information content (AvgIpc) is 2.95. The van der Waals surface area contributed by atoms with Gasteiger partial charge in [-0.05, 0) is 46.4 Å². The van der Waals surface area contributed by atoms with Crippen molar-refractivity contribution in [3.05, 3.63) is 138 Å². The molecule has 5 heteroatoms. The summed E-state index contributed by atoms with van der Waals surface area (Å²) >= 11 is 0. The fourth-order valence-electron chi connectivity index (χ4n) is 4.32. The molecular formula is C33H28N2O3. The van der Waals surface area contributed by atoms with E-state index in [1.807, 2.05) is 91.0 Å². The van der Waals surface area contributed by atoms with E-state index in [-0.39, 0.29) is 18.7 Å². The molecule has 4 rings (SSSR count). The molecule has 4 aromatic carbocycles. The molecule has 0 radical (unpaired) electrons. The van der Waals surface area contributed by atoms with Crippen LogP contribution in [0.15, 0.2) is 115 Å². The van der Waals surface area contributed by atoms with Gasteiger partial charge in [0.25, 0.3) is 0 Å². The van der Waals surface area contributed by atoms with Crippen molar-refractivity contribution in [2.24, 2.45) is 5.92 Å². The van der Waals surface area contributed by atoms with Crippen LogP contribution in [0.2, 0.25) is 0 Å². The van der Waals surface area contributed by atoms with Crippen LogP contribution in [0.3, 0.4) is 0 Å². The molecule has 0 aliphatic rings. The Morgan fingerprint density at radius 1 is 0.816 bits per heavy atom. The van der Waals surface area contributed by atoms with Crippen molar-refractivity contribution in [2.45, 2.75) is 18.9 Å². The van der Waals surface area contributed by atoms with Gasteiger partial charge in [-0.15, -0.1) is 0 Å². The summed E-state index contributed by atoms with van der Waals surface area (Å²) in [6.07, 6.45) is 3.85. The Hall–Kier alpha value is -4.95. The van der Waals surface area contributed by atoms with E-state index in [4.69, 9.17) is 0 Å². The summed E-state index contributed by atoms with van der Waals surface area (Å²) in [6, 6.07) is 35.5. The number of nitrogens with zero attached hydrogens (tertiary/aromatic N) is 1. The van der Waals surface area contributed by atoms with E-state index in [1.165, 1.54) is 0 Å². The molecule has 0 fully saturated rings. The number of hydrogen-bond acceptors (Lipinski definition) is 3. The van der Waals surface area contributed by atoms with Gasteiger partial charge >= 0.3 is 5.97 Å². The van der Waals surface area contributed by atoms with Crippen molar-refractivity contribution in [3.8, 4) is 17.2 Å². The molecule has 0 unspecified atom stereocenters. The van der Waals surface area contributed by atoms with E-state index >= 15 is 0 Å². The van der Waals surface area contributed by atoms with Crippen LogP contribution in [0.5, 0.6) is 0 Å². The van der Waals surface area contributed by atoms with Crippen molar-refractivity contribution >= 4 is 18.0 Å². The summed E-state index contributed by atoms with van der Waals surface area (Å²) in [7, 11) is 0. The van der Waals surface area contributed by atoms with Gasteiger partial charge in [0.2, 0.25) is 5.91 Å². The van der Waals surface area contributed by atoms with Crippen LogP contribution in [0.25, 0.3) is 17.2 Å². The molecular weight excluding hydrogens is 472 g/mol. The third-order valence-electron chi connectivity index (χ3n) is 6.31. The minimum absolute atomic E-state index is 0.126. The highest BCUT2D eigenvalue weighted by atomic mass is 16.4. The van der Waals surface area contributed by atoms with Gasteiger partial charge in [0.05, 0.1) is 30.0 Å². The first-order valence-electron chi connectivity index (χ1n) is 12.4. The smallest absolute Gasteiger partial charge is 0.309 e. The van der Waals surface area contributed by atoms with Gasteiger partial charge < -0.3 is 10.4 Å². The molecule has 0 saturated heterocycles. The largest absolute Gasteiger partial charge is 0.481 e. The Bertz CT molecular complexity index is 1440. The standard InChI is InChI=1S/C33H28N2O3/c34-23-27-11-7-10-26(20-27)21-30(33(37)38)31(19-16-24-8-3-1-4-9-24)35-32(36)22-25-14-17-29(18-15-25)28-12-5-2-6-13-28/h1-20,30-31H,21-22H2,(H,35,36)(H,37,38)/b19-16+/t30-,31-/m1/s1. The van der Waals surface area contributed by atoms with Gasteiger partial charge in [0.1, 0.15) is 0 Å². The summed E-state index contributed by atoms with van der Waals surface area (Å²) in [5.74, 6) is -2.21. The van der Waals surface area contributed by atoms with Gasteiger partial charge in [-0.1, -0.05) is 109 Å². The van der Waals surface area contributed by atoms with Gasteiger partial charge in [0, 0.05) is 0 Å². The maximum atomic E-state index is 13.1. The molecule has 0 aliphatic heterocycles. The molecule has 0 saturated carbocycles. The molecule has 1 amide bonds. The number of amides is 1. The SMILES string of the molecule is N#Cc1cccc(C[C@@H](C(=O)O)[C@@H](/C=C/c2ccccc2)NC(=O)Cc2ccc(-c3ccccc3)cc2)c1. The second kappa shape index (κ2) is 12.8. The van der Waals surface area contributed by atoms with Gasteiger partial charge in [-0.2, -0.15) is 5.26 Å². The number of aliphatic carboxylic acids is 1. The first-order chi connectivity index (χ1) is 18.5. The van der Waals surface area contributed by atoms with Gasteiger partial charge in [-0.3, -0.25) is 9.59 Å². The van der Waals surface area contributed by atoms with Gasteiger partial charge in [0.15, 0.2) is 0 Å². The summed E-state index contributed by atoms with van der Waals surface area (Å²) in [5, 5.41) is 22.3. The molecule has 2 N–H and O–H groups in total. The molecule has 0 aliphatic carbocycles. The third-order valence-corrected chi connectivity index (χ3v) is 6.31. The zero-order valence-electron chi connectivity index (χ0n) is 20.8. The predicted molar refractivity (Wildman–Crippen MR) is 149 cm³/mol. The lowest BCUT2D eigenvalue weighted by Gasteiger charge is -2.23. The van der Waals surface area contributed by atoms with Crippen molar-refractivity contribution in [1.82, 2.24) is 5.32 Å². The number of hydrogen-bond donors (Lipinski definition) is 2. The fourth-order valence-corrected chi connectivity index (χ4v) is 4.32. The van der Waals surface area contributed by atoms with Crippen LogP contribution in [0, 0.1) is 17.2 Å². The van der Waals surface area contributed by atoms with E-state index in [1.54, 1.807) is 30.3 Å². The number of rotatable bonds is 10. The monoisotopic (exact) mass is 500 g/mol. The second-order valence-corrected chi connectivity index (χ2v) is 9.06. The molecule has 38 heavy (non-hydrogen) atoms. The number of carbonyl (C=O) groups excluding carboxylic acids is 1. The molecule has 2 atom stereocenters. The van der Waals surface area contributed by atoms with Crippen molar-refractivity contribution in [2.75, 3.05) is 0 Å². The van der Waals surface area contributed by atoms with E-state index in [0.29, 0.717) is 5.56 Å². The Morgan fingerprint density at radius 3 is 2.13 bits per heavy atom. The number of nitriles is 1. The van der Waals surface area contributed by atoms with Crippen molar-refractivity contribution in [1.29, 1.82) is 5.26 Å². The van der Waals surface area contributed by atoms with Gasteiger partial charge in [-0.25, -0.2) is 0 Å². The second-order valence-electron chi connectivity index (χ2n) is 9.06. The van der Waals surface area contributed by atoms with E-state index in [9.17, 15) is 20.0 Å². The number of carboxylic acids is 1. The Balaban J connectivity index is 1.53. The first kappa shape index (κ1) is 26.1. The maximum Gasteiger partial charge on any atom is 0.309 e. The lowest BCUT2D eigenvalue weighted by Crippen LogP contribution is -2.43. The number of benzene rings is 4. The highest BCUT2D eigenvalue weighted by Gasteiger charge is 2.28. The van der Waals surface area contributed by atoms with Crippen LogP contribution < -0.4 is 5.32 Å². The number of nitrogens with one attached hydrogen (secondary N) is 1. The van der Waals surface area contributed by atoms with E-state index in [2.05, 4.69) is 11.4 Å². The lowest BCUT2D eigenvalue weighted by molar-refractivity contribution is -0.142. The molecule has 5 nitrogen and oxygen atoms in total. The molecule has 0 heterocycles. The molecule has 188 valence electrons. The Labute approximate surface area is 222 Å². The minimum Gasteiger partial charge on any atom is -0.481 e. The molecule has 0 spiro atoms. The lowest BCUT2D eigenvalue weighted by atomic mass is 9.90. The predicted octanol–water partition coefficient (Wildman–Crippen LogP) is 5.91. The van der Waals surface area contributed by atoms with Crippen molar-refractivity contribution in [3.63, 3.8) is 0 Å². The van der Waals surface area contributed by atoms with Crippen LogP contribution >= 0.6 is 0 Å². The van der Waals surface area contributed by atoms with E-state index < -0.39 is 17.9 Å². The van der Waals surface area contributed by atoms with Crippen LogP contribution in [0.4, 0.5) is 0 Å².